The van der Waals surface area contributed by atoms with Crippen LogP contribution in [0.4, 0.5) is 5.82 Å². The van der Waals surface area contributed by atoms with E-state index in [2.05, 4.69) is 64.3 Å². The average molecular weight is 271 g/mol. The fraction of sp³-hybridized carbons (Fsp3) is 0.471. The summed E-state index contributed by atoms with van der Waals surface area (Å²) in [7, 11) is 0. The number of hydrogen-bond donors (Lipinski definition) is 1. The molecule has 0 saturated heterocycles. The lowest BCUT2D eigenvalue weighted by Gasteiger charge is -2.24. The van der Waals surface area contributed by atoms with E-state index in [4.69, 9.17) is 10.7 Å². The van der Waals surface area contributed by atoms with Crippen LogP contribution in [0, 0.1) is 13.8 Å². The molecular formula is C17H25N3. The van der Waals surface area contributed by atoms with E-state index in [0.717, 1.165) is 23.8 Å². The summed E-state index contributed by atoms with van der Waals surface area (Å²) >= 11 is 0. The van der Waals surface area contributed by atoms with Gasteiger partial charge in [-0.15, -0.1) is 0 Å². The van der Waals surface area contributed by atoms with E-state index in [9.17, 15) is 0 Å². The van der Waals surface area contributed by atoms with Crippen molar-refractivity contribution in [1.82, 2.24) is 9.55 Å². The van der Waals surface area contributed by atoms with Gasteiger partial charge in [0.05, 0.1) is 0 Å². The van der Waals surface area contributed by atoms with Gasteiger partial charge in [-0.3, -0.25) is 0 Å². The van der Waals surface area contributed by atoms with Gasteiger partial charge in [0, 0.05) is 17.5 Å². The molecule has 0 bridgehead atoms. The first-order valence-corrected chi connectivity index (χ1v) is 7.21. The highest BCUT2D eigenvalue weighted by Crippen LogP contribution is 2.34. The van der Waals surface area contributed by atoms with Gasteiger partial charge in [0.1, 0.15) is 17.3 Å². The van der Waals surface area contributed by atoms with E-state index in [1.165, 1.54) is 16.7 Å². The molecular weight excluding hydrogens is 246 g/mol. The summed E-state index contributed by atoms with van der Waals surface area (Å²) in [5.74, 6) is 1.82. The monoisotopic (exact) mass is 271 g/mol. The van der Waals surface area contributed by atoms with Crippen molar-refractivity contribution in [2.24, 2.45) is 0 Å². The Hall–Kier alpha value is -1.77. The van der Waals surface area contributed by atoms with Crippen molar-refractivity contribution >= 4 is 5.82 Å². The number of nitrogens with two attached hydrogens (primary N) is 1. The van der Waals surface area contributed by atoms with Crippen LogP contribution in [-0.2, 0) is 12.0 Å². The van der Waals surface area contributed by atoms with Crippen LogP contribution in [0.3, 0.4) is 0 Å². The summed E-state index contributed by atoms with van der Waals surface area (Å²) in [6.07, 6.45) is 0.881. The molecule has 3 heteroatoms. The van der Waals surface area contributed by atoms with Crippen molar-refractivity contribution in [3.05, 3.63) is 35.2 Å². The first-order valence-electron chi connectivity index (χ1n) is 7.21. The highest BCUT2D eigenvalue weighted by Gasteiger charge is 2.24. The Morgan fingerprint density at radius 3 is 2.10 bits per heavy atom. The smallest absolute Gasteiger partial charge is 0.132 e. The number of aromatic nitrogens is 2. The van der Waals surface area contributed by atoms with E-state index in [-0.39, 0.29) is 5.54 Å². The van der Waals surface area contributed by atoms with Gasteiger partial charge in [0.25, 0.3) is 0 Å². The Labute approximate surface area is 121 Å². The first kappa shape index (κ1) is 14.6. The zero-order valence-corrected chi connectivity index (χ0v) is 13.4. The predicted molar refractivity (Wildman–Crippen MR) is 85.9 cm³/mol. The minimum atomic E-state index is -0.0583. The summed E-state index contributed by atoms with van der Waals surface area (Å²) < 4.78 is 2.16. The Morgan fingerprint density at radius 2 is 1.70 bits per heavy atom. The maximum absolute atomic E-state index is 6.44. The van der Waals surface area contributed by atoms with E-state index < -0.39 is 0 Å². The Balaban J connectivity index is 2.75. The van der Waals surface area contributed by atoms with Crippen molar-refractivity contribution in [1.29, 1.82) is 0 Å². The SMILES string of the molecule is CCc1nc(-c2c(C)cccc2C)c(N)n1C(C)(C)C. The number of benzene rings is 1. The molecule has 1 aromatic carbocycles. The topological polar surface area (TPSA) is 43.8 Å². The van der Waals surface area contributed by atoms with Gasteiger partial charge in [-0.2, -0.15) is 0 Å². The van der Waals surface area contributed by atoms with Gasteiger partial charge in [0.2, 0.25) is 0 Å². The normalized spacial score (nSPS) is 11.9. The molecule has 2 N–H and O–H groups in total. The molecule has 0 fully saturated rings. The molecule has 2 aromatic rings. The summed E-state index contributed by atoms with van der Waals surface area (Å²) in [5, 5.41) is 0. The second-order valence-electron chi connectivity index (χ2n) is 6.39. The molecule has 0 amide bonds. The van der Waals surface area contributed by atoms with Crippen LogP contribution in [0.25, 0.3) is 11.3 Å². The molecule has 0 spiro atoms. The van der Waals surface area contributed by atoms with Gasteiger partial charge < -0.3 is 10.3 Å². The number of nitrogen functional groups attached to an aromatic ring is 1. The summed E-state index contributed by atoms with van der Waals surface area (Å²) in [4.78, 5) is 4.82. The van der Waals surface area contributed by atoms with E-state index in [1.807, 2.05) is 0 Å². The minimum absolute atomic E-state index is 0.0583. The highest BCUT2D eigenvalue weighted by atomic mass is 15.2. The largest absolute Gasteiger partial charge is 0.383 e. The standard InChI is InChI=1S/C17H25N3/c1-7-13-19-15(16(18)20(13)17(4,5)6)14-11(2)9-8-10-12(14)3/h8-10H,7,18H2,1-6H3. The van der Waals surface area contributed by atoms with E-state index in [1.54, 1.807) is 0 Å². The van der Waals surface area contributed by atoms with Crippen LogP contribution in [0.5, 0.6) is 0 Å². The van der Waals surface area contributed by atoms with Crippen LogP contribution >= 0.6 is 0 Å². The fourth-order valence-corrected chi connectivity index (χ4v) is 2.84. The van der Waals surface area contributed by atoms with Crippen LogP contribution in [0.2, 0.25) is 0 Å². The molecule has 2 rings (SSSR count). The summed E-state index contributed by atoms with van der Waals surface area (Å²) in [5.41, 5.74) is 10.9. The van der Waals surface area contributed by atoms with E-state index >= 15 is 0 Å². The fourth-order valence-electron chi connectivity index (χ4n) is 2.84. The second-order valence-corrected chi connectivity index (χ2v) is 6.39. The molecule has 108 valence electrons. The average Bonchev–Trinajstić information content (AvgIpc) is 2.66. The van der Waals surface area contributed by atoms with Gasteiger partial charge in [0.15, 0.2) is 0 Å². The first-order chi connectivity index (χ1) is 9.27. The quantitative estimate of drug-likeness (QED) is 0.895. The summed E-state index contributed by atoms with van der Waals surface area (Å²) in [6.45, 7) is 12.8. The molecule has 0 atom stereocenters. The van der Waals surface area contributed by atoms with Gasteiger partial charge >= 0.3 is 0 Å². The van der Waals surface area contributed by atoms with Gasteiger partial charge in [-0.05, 0) is 45.7 Å². The molecule has 0 radical (unpaired) electrons. The zero-order valence-electron chi connectivity index (χ0n) is 13.4. The third-order valence-electron chi connectivity index (χ3n) is 3.69. The lowest BCUT2D eigenvalue weighted by molar-refractivity contribution is 0.389. The lowest BCUT2D eigenvalue weighted by atomic mass is 10.00. The predicted octanol–water partition coefficient (Wildman–Crippen LogP) is 4.07. The van der Waals surface area contributed by atoms with Crippen LogP contribution < -0.4 is 5.73 Å². The third-order valence-corrected chi connectivity index (χ3v) is 3.69. The molecule has 0 aliphatic heterocycles. The molecule has 1 heterocycles. The van der Waals surface area contributed by atoms with Gasteiger partial charge in [-0.1, -0.05) is 25.1 Å². The number of imidazole rings is 1. The minimum Gasteiger partial charge on any atom is -0.383 e. The summed E-state index contributed by atoms with van der Waals surface area (Å²) in [6, 6.07) is 6.30. The van der Waals surface area contributed by atoms with Crippen molar-refractivity contribution in [3.8, 4) is 11.3 Å². The Bertz CT molecular complexity index is 610. The maximum Gasteiger partial charge on any atom is 0.132 e. The molecule has 20 heavy (non-hydrogen) atoms. The number of nitrogens with zero attached hydrogens (tertiary/aromatic N) is 2. The number of hydrogen-bond acceptors (Lipinski definition) is 2. The second kappa shape index (κ2) is 4.97. The third kappa shape index (κ3) is 2.33. The van der Waals surface area contributed by atoms with Crippen molar-refractivity contribution in [2.75, 3.05) is 5.73 Å². The zero-order chi connectivity index (χ0) is 15.1. The Morgan fingerprint density at radius 1 is 1.15 bits per heavy atom. The number of rotatable bonds is 2. The van der Waals surface area contributed by atoms with Crippen molar-refractivity contribution in [3.63, 3.8) is 0 Å². The molecule has 3 nitrogen and oxygen atoms in total. The molecule has 0 saturated carbocycles. The van der Waals surface area contributed by atoms with Crippen LogP contribution in [0.15, 0.2) is 18.2 Å². The van der Waals surface area contributed by atoms with Crippen molar-refractivity contribution in [2.45, 2.75) is 53.5 Å². The van der Waals surface area contributed by atoms with Crippen LogP contribution in [0.1, 0.15) is 44.6 Å². The highest BCUT2D eigenvalue weighted by molar-refractivity contribution is 5.76. The molecule has 0 unspecified atom stereocenters. The lowest BCUT2D eigenvalue weighted by Crippen LogP contribution is -2.25. The molecule has 0 aliphatic carbocycles. The number of anilines is 1. The number of aryl methyl sites for hydroxylation is 3. The van der Waals surface area contributed by atoms with Crippen molar-refractivity contribution < 1.29 is 0 Å². The van der Waals surface area contributed by atoms with Crippen LogP contribution in [-0.4, -0.2) is 9.55 Å². The molecule has 1 aromatic heterocycles. The van der Waals surface area contributed by atoms with E-state index in [0.29, 0.717) is 0 Å². The Kier molecular flexibility index (Phi) is 3.63. The van der Waals surface area contributed by atoms with Gasteiger partial charge in [-0.25, -0.2) is 4.98 Å². The molecule has 0 aliphatic rings. The maximum atomic E-state index is 6.44.